The van der Waals surface area contributed by atoms with Crippen LogP contribution in [0, 0.1) is 68.6 Å². The van der Waals surface area contributed by atoms with Crippen molar-refractivity contribution in [2.75, 3.05) is 0 Å². The van der Waals surface area contributed by atoms with Crippen LogP contribution < -0.4 is 0 Å². The minimum Gasteiger partial charge on any atom is -0.340 e. The van der Waals surface area contributed by atoms with E-state index in [9.17, 15) is 48.2 Å². The maximum atomic E-state index is 14.2. The summed E-state index contributed by atoms with van der Waals surface area (Å²) in [6.45, 7) is 0. The number of thiophene rings is 2. The predicted octanol–water partition coefficient (Wildman–Crippen LogP) is 8.04. The maximum Gasteiger partial charge on any atom is 0.212 e. The van der Waals surface area contributed by atoms with E-state index in [2.05, 4.69) is 9.98 Å². The number of fused-ring (bicyclic) bond motifs is 7. The van der Waals surface area contributed by atoms with Crippen LogP contribution in [-0.4, -0.2) is 32.1 Å². The van der Waals surface area contributed by atoms with Crippen molar-refractivity contribution in [1.82, 2.24) is 9.13 Å². The van der Waals surface area contributed by atoms with Crippen LogP contribution in [0.25, 0.3) is 42.6 Å². The van der Waals surface area contributed by atoms with Gasteiger partial charge in [0.2, 0.25) is 11.6 Å². The molecule has 0 saturated heterocycles. The van der Waals surface area contributed by atoms with E-state index in [-0.39, 0.29) is 44.8 Å². The number of aromatic nitrogens is 2. The smallest absolute Gasteiger partial charge is 0.212 e. The lowest BCUT2D eigenvalue weighted by Gasteiger charge is -2.01. The van der Waals surface area contributed by atoms with Gasteiger partial charge in [-0.2, -0.15) is 21.0 Å². The minimum atomic E-state index is -1.26. The van der Waals surface area contributed by atoms with Crippen LogP contribution in [0.15, 0.2) is 57.5 Å². The maximum absolute atomic E-state index is 14.2. The largest absolute Gasteiger partial charge is 0.340 e. The standard InChI is InChI=1S/C36H12F4N8O2S2/c1-47-23-7-25(45-29-27(13(9-41)10-42)15-3-19(37)21(39)5-17(15)33(29)49)51-35(23)32-31(47)36-24(48(32)2)8-26(52-36)46-30-28(14(11-43)12-44)16-4-20(38)22(40)6-18(16)34(30)50/h3-8H,1-2H3. The van der Waals surface area contributed by atoms with E-state index in [0.717, 1.165) is 44.7 Å². The molecule has 2 aliphatic carbocycles. The molecule has 0 radical (unpaired) electrons. The number of rotatable bonds is 2. The average molecular weight is 729 g/mol. The fraction of sp³-hybridized carbons (Fsp3) is 0.0556. The van der Waals surface area contributed by atoms with Gasteiger partial charge in [-0.15, -0.1) is 22.7 Å². The highest BCUT2D eigenvalue weighted by molar-refractivity contribution is 7.25. The predicted molar refractivity (Wildman–Crippen MR) is 185 cm³/mol. The van der Waals surface area contributed by atoms with Gasteiger partial charge in [0.1, 0.15) is 56.8 Å². The molecule has 2 aromatic carbocycles. The first kappa shape index (κ1) is 32.2. The molecule has 0 unspecified atom stereocenters. The first-order valence-corrected chi connectivity index (χ1v) is 16.4. The number of ketones is 2. The topological polar surface area (TPSA) is 164 Å². The van der Waals surface area contributed by atoms with Crippen LogP contribution in [0.4, 0.5) is 27.6 Å². The quantitative estimate of drug-likeness (QED) is 0.129. The molecule has 0 N–H and O–H groups in total. The van der Waals surface area contributed by atoms with Crippen molar-refractivity contribution in [2.24, 2.45) is 24.1 Å². The molecule has 4 heterocycles. The summed E-state index contributed by atoms with van der Waals surface area (Å²) in [5.41, 5.74) is 0.370. The lowest BCUT2D eigenvalue weighted by atomic mass is 10.0. The first-order chi connectivity index (χ1) is 24.9. The van der Waals surface area contributed by atoms with Crippen molar-refractivity contribution in [1.29, 1.82) is 21.0 Å². The Balaban J connectivity index is 1.26. The fourth-order valence-corrected chi connectivity index (χ4v) is 8.89. The molecule has 2 aliphatic rings. The monoisotopic (exact) mass is 728 g/mol. The summed E-state index contributed by atoms with van der Waals surface area (Å²) in [5, 5.41) is 39.1. The van der Waals surface area contributed by atoms with Crippen LogP contribution in [-0.2, 0) is 14.1 Å². The fourth-order valence-electron chi connectivity index (χ4n) is 6.60. The lowest BCUT2D eigenvalue weighted by Crippen LogP contribution is -2.07. The van der Waals surface area contributed by atoms with Crippen molar-refractivity contribution in [2.45, 2.75) is 0 Å². The number of aliphatic imine (C=N–C) groups is 2. The van der Waals surface area contributed by atoms with Crippen molar-refractivity contribution in [3.8, 4) is 24.3 Å². The zero-order valence-corrected chi connectivity index (χ0v) is 27.8. The molecule has 10 nitrogen and oxygen atoms in total. The van der Waals surface area contributed by atoms with Crippen LogP contribution in [0.5, 0.6) is 0 Å². The van der Waals surface area contributed by atoms with E-state index < -0.39 is 46.0 Å². The summed E-state index contributed by atoms with van der Waals surface area (Å²) in [7, 11) is 3.59. The molecule has 4 aromatic heterocycles. The highest BCUT2D eigenvalue weighted by Crippen LogP contribution is 2.47. The van der Waals surface area contributed by atoms with Crippen molar-refractivity contribution < 1.29 is 27.2 Å². The molecule has 0 saturated carbocycles. The molecule has 248 valence electrons. The molecule has 0 spiro atoms. The molecule has 16 heteroatoms. The Bertz CT molecular complexity index is 2830. The number of nitrogens with zero attached hydrogens (tertiary/aromatic N) is 8. The first-order valence-electron chi connectivity index (χ1n) is 14.8. The number of hydrogen-bond acceptors (Lipinski definition) is 10. The number of aryl methyl sites for hydroxylation is 2. The molecule has 6 aromatic rings. The summed E-state index contributed by atoms with van der Waals surface area (Å²) in [6.07, 6.45) is 0. The summed E-state index contributed by atoms with van der Waals surface area (Å²) < 4.78 is 61.9. The summed E-state index contributed by atoms with van der Waals surface area (Å²) >= 11 is 2.41. The van der Waals surface area contributed by atoms with Gasteiger partial charge in [-0.05, 0) is 36.4 Å². The Morgan fingerprint density at radius 2 is 0.904 bits per heavy atom. The second-order valence-corrected chi connectivity index (χ2v) is 13.6. The van der Waals surface area contributed by atoms with Gasteiger partial charge < -0.3 is 9.13 Å². The van der Waals surface area contributed by atoms with Gasteiger partial charge in [-0.1, -0.05) is 0 Å². The minimum absolute atomic E-state index is 0.104. The third kappa shape index (κ3) is 4.29. The summed E-state index contributed by atoms with van der Waals surface area (Å²) in [5.74, 6) is -6.56. The van der Waals surface area contributed by atoms with E-state index in [1.54, 1.807) is 50.5 Å². The van der Waals surface area contributed by atoms with Gasteiger partial charge in [-0.3, -0.25) is 9.59 Å². The molecule has 0 amide bonds. The molecular formula is C36H12F4N8O2S2. The van der Waals surface area contributed by atoms with Crippen LogP contribution in [0.3, 0.4) is 0 Å². The van der Waals surface area contributed by atoms with E-state index >= 15 is 0 Å². The van der Waals surface area contributed by atoms with Gasteiger partial charge in [0.15, 0.2) is 23.3 Å². The molecule has 52 heavy (non-hydrogen) atoms. The van der Waals surface area contributed by atoms with E-state index in [1.807, 2.05) is 9.13 Å². The van der Waals surface area contributed by atoms with E-state index in [1.165, 1.54) is 22.7 Å². The summed E-state index contributed by atoms with van der Waals surface area (Å²) in [4.78, 5) is 35.7. The molecular weight excluding hydrogens is 717 g/mol. The number of carbonyl (C=O) groups excluding carboxylic acids is 2. The van der Waals surface area contributed by atoms with E-state index in [0.29, 0.717) is 21.0 Å². The van der Waals surface area contributed by atoms with Crippen LogP contribution >= 0.6 is 22.7 Å². The van der Waals surface area contributed by atoms with Gasteiger partial charge >= 0.3 is 0 Å². The Kier molecular flexibility index (Phi) is 6.99. The number of halogens is 4. The molecule has 0 aliphatic heterocycles. The second kappa shape index (κ2) is 11.3. The normalized spacial score (nSPS) is 15.1. The zero-order valence-electron chi connectivity index (χ0n) is 26.2. The molecule has 0 atom stereocenters. The van der Waals surface area contributed by atoms with Gasteiger partial charge in [0, 0.05) is 47.5 Å². The lowest BCUT2D eigenvalue weighted by molar-refractivity contribution is 0.106. The number of benzene rings is 2. The SMILES string of the molecule is Cn1c2cc(N=C3C(=O)c4cc(F)c(F)cc4C3=C(C#N)C#N)sc2c2c1c1sc(N=C3C(=O)c4cc(F)c(F)cc4C3=C(C#N)C#N)cc1n2C. The van der Waals surface area contributed by atoms with Crippen molar-refractivity contribution >= 4 is 98.3 Å². The zero-order chi connectivity index (χ0) is 36.9. The van der Waals surface area contributed by atoms with Gasteiger partial charge in [-0.25, -0.2) is 27.5 Å². The number of carbonyl (C=O) groups is 2. The molecule has 0 bridgehead atoms. The van der Waals surface area contributed by atoms with Gasteiger partial charge in [0.25, 0.3) is 0 Å². The highest BCUT2D eigenvalue weighted by atomic mass is 32.1. The van der Waals surface area contributed by atoms with Crippen LogP contribution in [0.2, 0.25) is 0 Å². The second-order valence-electron chi connectivity index (χ2n) is 11.6. The van der Waals surface area contributed by atoms with Crippen molar-refractivity contribution in [3.63, 3.8) is 0 Å². The number of allylic oxidation sites excluding steroid dienone is 4. The number of nitriles is 4. The highest BCUT2D eigenvalue weighted by Gasteiger charge is 2.37. The molecule has 0 fully saturated rings. The third-order valence-corrected chi connectivity index (χ3v) is 10.9. The van der Waals surface area contributed by atoms with Crippen LogP contribution in [0.1, 0.15) is 31.8 Å². The summed E-state index contributed by atoms with van der Waals surface area (Å²) in [6, 6.07) is 13.2. The number of hydrogen-bond donors (Lipinski definition) is 0. The number of Topliss-reactive ketones (excluding diaryl/α,β-unsaturated/α-hetero) is 2. The third-order valence-electron chi connectivity index (χ3n) is 8.89. The average Bonchev–Trinajstić information content (AvgIpc) is 3.93. The molecule has 8 rings (SSSR count). The Hall–Kier alpha value is -6.98. The Labute approximate surface area is 296 Å². The van der Waals surface area contributed by atoms with Gasteiger partial charge in [0.05, 0.1) is 31.5 Å². The Morgan fingerprint density at radius 1 is 0.577 bits per heavy atom. The van der Waals surface area contributed by atoms with Crippen molar-refractivity contribution in [3.05, 3.63) is 93.1 Å². The van der Waals surface area contributed by atoms with E-state index in [4.69, 9.17) is 0 Å². The Morgan fingerprint density at radius 3 is 1.23 bits per heavy atom.